The zero-order valence-corrected chi connectivity index (χ0v) is 20.5. The molecular weight excluding hydrogens is 460 g/mol. The van der Waals surface area contributed by atoms with Gasteiger partial charge in [-0.15, -0.1) is 10.2 Å². The summed E-state index contributed by atoms with van der Waals surface area (Å²) in [6, 6.07) is 16.1. The predicted octanol–water partition coefficient (Wildman–Crippen LogP) is 4.19. The van der Waals surface area contributed by atoms with E-state index in [9.17, 15) is 5.26 Å². The molecular formula is C26H25ClN8. The Morgan fingerprint density at radius 2 is 1.89 bits per heavy atom. The molecule has 3 aliphatic rings. The number of fused-ring (bicyclic) bond motifs is 3. The summed E-state index contributed by atoms with van der Waals surface area (Å²) in [7, 11) is 0. The van der Waals surface area contributed by atoms with Gasteiger partial charge in [0.15, 0.2) is 5.82 Å². The Kier molecular flexibility index (Phi) is 4.90. The monoisotopic (exact) mass is 484 g/mol. The minimum atomic E-state index is -0.645. The highest BCUT2D eigenvalue weighted by Crippen LogP contribution is 2.56. The van der Waals surface area contributed by atoms with Crippen LogP contribution in [0.5, 0.6) is 0 Å². The molecule has 0 atom stereocenters. The molecule has 0 unspecified atom stereocenters. The zero-order chi connectivity index (χ0) is 24.4. The van der Waals surface area contributed by atoms with E-state index < -0.39 is 5.54 Å². The summed E-state index contributed by atoms with van der Waals surface area (Å²) >= 11 is 6.36. The van der Waals surface area contributed by atoms with E-state index in [1.54, 1.807) is 6.07 Å². The van der Waals surface area contributed by atoms with Crippen molar-refractivity contribution in [2.24, 2.45) is 5.41 Å². The first-order chi connectivity index (χ1) is 16.8. The molecule has 6 rings (SSSR count). The molecule has 2 fully saturated rings. The third-order valence-corrected chi connectivity index (χ3v) is 7.98. The Bertz CT molecular complexity index is 1400. The van der Waals surface area contributed by atoms with Crippen LogP contribution in [0, 0.1) is 28.1 Å². The smallest absolute Gasteiger partial charge is 0.151 e. The van der Waals surface area contributed by atoms with Crippen molar-refractivity contribution in [1.82, 2.24) is 24.6 Å². The summed E-state index contributed by atoms with van der Waals surface area (Å²) in [6.07, 6.45) is 2.10. The molecule has 3 aromatic rings. The lowest BCUT2D eigenvalue weighted by Crippen LogP contribution is -2.62. The lowest BCUT2D eigenvalue weighted by atomic mass is 9.57. The molecule has 4 heterocycles. The van der Waals surface area contributed by atoms with Crippen molar-refractivity contribution >= 4 is 17.4 Å². The van der Waals surface area contributed by atoms with Gasteiger partial charge in [-0.25, -0.2) is 4.98 Å². The SMILES string of the molecule is CC(C)(C#N)N1Cc2cc(Cl)ccc2-n2c(nnc2C2CC3(C2)CN(c2cccc(C#N)n2)C3)C1. The number of halogens is 1. The number of nitriles is 2. The average Bonchev–Trinajstić information content (AvgIpc) is 3.12. The highest BCUT2D eigenvalue weighted by atomic mass is 35.5. The molecule has 1 aromatic carbocycles. The molecule has 0 radical (unpaired) electrons. The van der Waals surface area contributed by atoms with E-state index >= 15 is 0 Å². The molecule has 9 heteroatoms. The van der Waals surface area contributed by atoms with Gasteiger partial charge in [0.2, 0.25) is 0 Å². The fourth-order valence-electron chi connectivity index (χ4n) is 5.77. The molecule has 0 N–H and O–H groups in total. The molecule has 35 heavy (non-hydrogen) atoms. The van der Waals surface area contributed by atoms with Crippen molar-refractivity contribution in [2.45, 2.75) is 51.2 Å². The molecule has 1 spiro atoms. The van der Waals surface area contributed by atoms with Crippen molar-refractivity contribution < 1.29 is 0 Å². The van der Waals surface area contributed by atoms with Gasteiger partial charge in [0.1, 0.15) is 28.9 Å². The number of anilines is 1. The summed E-state index contributed by atoms with van der Waals surface area (Å²) in [5, 5.41) is 28.8. The number of hydrogen-bond donors (Lipinski definition) is 0. The molecule has 0 amide bonds. The van der Waals surface area contributed by atoms with Crippen LogP contribution in [0.2, 0.25) is 5.02 Å². The number of nitrogens with zero attached hydrogens (tertiary/aromatic N) is 8. The van der Waals surface area contributed by atoms with E-state index in [4.69, 9.17) is 16.9 Å². The Labute approximate surface area is 209 Å². The van der Waals surface area contributed by atoms with Crippen LogP contribution in [-0.4, -0.2) is 43.3 Å². The topological polar surface area (TPSA) is 97.7 Å². The zero-order valence-electron chi connectivity index (χ0n) is 19.7. The summed E-state index contributed by atoms with van der Waals surface area (Å²) in [4.78, 5) is 8.82. The lowest BCUT2D eigenvalue weighted by Gasteiger charge is -2.59. The van der Waals surface area contributed by atoms with Crippen molar-refractivity contribution in [3.8, 4) is 17.8 Å². The van der Waals surface area contributed by atoms with Crippen LogP contribution in [0.1, 0.15) is 55.5 Å². The van der Waals surface area contributed by atoms with Crippen molar-refractivity contribution in [2.75, 3.05) is 18.0 Å². The Morgan fingerprint density at radius 3 is 2.63 bits per heavy atom. The second kappa shape index (κ2) is 7.78. The second-order valence-electron chi connectivity index (χ2n) is 10.6. The number of pyridine rings is 1. The van der Waals surface area contributed by atoms with E-state index in [1.165, 1.54) is 0 Å². The summed E-state index contributed by atoms with van der Waals surface area (Å²) < 4.78 is 2.20. The largest absolute Gasteiger partial charge is 0.355 e. The highest BCUT2D eigenvalue weighted by Gasteiger charge is 2.54. The number of hydrogen-bond acceptors (Lipinski definition) is 7. The normalized spacial score (nSPS) is 19.1. The number of benzene rings is 1. The van der Waals surface area contributed by atoms with Crippen LogP contribution in [0.25, 0.3) is 5.69 Å². The van der Waals surface area contributed by atoms with Crippen molar-refractivity contribution in [3.63, 3.8) is 0 Å². The third kappa shape index (κ3) is 3.56. The molecule has 0 bridgehead atoms. The van der Waals surface area contributed by atoms with E-state index in [1.807, 2.05) is 44.2 Å². The second-order valence-corrected chi connectivity index (χ2v) is 11.0. The Morgan fingerprint density at radius 1 is 1.09 bits per heavy atom. The minimum Gasteiger partial charge on any atom is -0.355 e. The fraction of sp³-hybridized carbons (Fsp3) is 0.423. The van der Waals surface area contributed by atoms with Gasteiger partial charge in [0, 0.05) is 36.0 Å². The van der Waals surface area contributed by atoms with Crippen LogP contribution >= 0.6 is 11.6 Å². The van der Waals surface area contributed by atoms with Crippen LogP contribution in [0.4, 0.5) is 5.82 Å². The molecule has 2 aromatic heterocycles. The molecule has 2 aliphatic heterocycles. The van der Waals surface area contributed by atoms with Crippen molar-refractivity contribution in [3.05, 3.63) is 64.3 Å². The van der Waals surface area contributed by atoms with E-state index in [0.29, 0.717) is 29.7 Å². The predicted molar refractivity (Wildman–Crippen MR) is 131 cm³/mol. The lowest BCUT2D eigenvalue weighted by molar-refractivity contribution is 0.0581. The first-order valence-electron chi connectivity index (χ1n) is 11.8. The number of aromatic nitrogens is 4. The Balaban J connectivity index is 1.26. The maximum Gasteiger partial charge on any atom is 0.151 e. The molecule has 1 saturated carbocycles. The van der Waals surface area contributed by atoms with E-state index in [-0.39, 0.29) is 5.41 Å². The van der Waals surface area contributed by atoms with Gasteiger partial charge >= 0.3 is 0 Å². The average molecular weight is 485 g/mol. The summed E-state index contributed by atoms with van der Waals surface area (Å²) in [6.45, 7) is 6.93. The van der Waals surface area contributed by atoms with Crippen LogP contribution < -0.4 is 4.90 Å². The molecule has 8 nitrogen and oxygen atoms in total. The Hall–Kier alpha value is -3.46. The first kappa shape index (κ1) is 22.0. The van der Waals surface area contributed by atoms with E-state index in [0.717, 1.165) is 54.6 Å². The maximum absolute atomic E-state index is 9.77. The molecule has 1 aliphatic carbocycles. The van der Waals surface area contributed by atoms with Gasteiger partial charge in [0.25, 0.3) is 0 Å². The minimum absolute atomic E-state index is 0.268. The standard InChI is InChI=1S/C26H25ClN8/c1-25(2,14-29)34-12-17-8-19(27)6-7-21(17)35-23(13-34)31-32-24(35)18-9-26(10-18)15-33(16-26)22-5-3-4-20(11-28)30-22/h3-8,18H,9-10,12-13,15-16H2,1-2H3. The quantitative estimate of drug-likeness (QED) is 0.549. The summed E-state index contributed by atoms with van der Waals surface area (Å²) in [5.41, 5.74) is 2.20. The van der Waals surface area contributed by atoms with Gasteiger partial charge < -0.3 is 4.90 Å². The highest BCUT2D eigenvalue weighted by molar-refractivity contribution is 6.30. The van der Waals surface area contributed by atoms with Gasteiger partial charge in [0.05, 0.1) is 18.3 Å². The third-order valence-electron chi connectivity index (χ3n) is 7.74. The fourth-order valence-corrected chi connectivity index (χ4v) is 5.96. The van der Waals surface area contributed by atoms with Gasteiger partial charge in [-0.3, -0.25) is 9.47 Å². The van der Waals surface area contributed by atoms with Gasteiger partial charge in [-0.2, -0.15) is 10.5 Å². The molecule has 1 saturated heterocycles. The molecule has 176 valence electrons. The maximum atomic E-state index is 9.77. The van der Waals surface area contributed by atoms with Crippen LogP contribution in [0.15, 0.2) is 36.4 Å². The van der Waals surface area contributed by atoms with Crippen molar-refractivity contribution in [1.29, 1.82) is 10.5 Å². The van der Waals surface area contributed by atoms with Crippen LogP contribution in [-0.2, 0) is 13.1 Å². The van der Waals surface area contributed by atoms with E-state index in [2.05, 4.69) is 41.7 Å². The van der Waals surface area contributed by atoms with Crippen LogP contribution in [0.3, 0.4) is 0 Å². The van der Waals surface area contributed by atoms with Gasteiger partial charge in [-0.05, 0) is 62.6 Å². The number of rotatable bonds is 3. The van der Waals surface area contributed by atoms with Gasteiger partial charge in [-0.1, -0.05) is 17.7 Å². The first-order valence-corrected chi connectivity index (χ1v) is 12.2. The summed E-state index contributed by atoms with van der Waals surface area (Å²) in [5.74, 6) is 3.06.